The van der Waals surface area contributed by atoms with E-state index in [9.17, 15) is 26.4 Å². The molecule has 5 nitrogen and oxygen atoms in total. The maximum atomic E-state index is 14.9. The van der Waals surface area contributed by atoms with Gasteiger partial charge in [-0.2, -0.15) is 0 Å². The molecule has 0 bridgehead atoms. The van der Waals surface area contributed by atoms with Crippen LogP contribution in [0.1, 0.15) is 22.3 Å². The van der Waals surface area contributed by atoms with E-state index in [2.05, 4.69) is 0 Å². The van der Waals surface area contributed by atoms with E-state index in [1.54, 1.807) is 54.6 Å². The zero-order valence-electron chi connectivity index (χ0n) is 24.1. The van der Waals surface area contributed by atoms with Gasteiger partial charge in [0, 0.05) is 48.3 Å². The Bertz CT molecular complexity index is 2290. The fraction of sp³-hybridized carbons (Fsp3) is 0.0571. The van der Waals surface area contributed by atoms with E-state index in [1.807, 2.05) is 0 Å². The number of halogens is 6. The number of ether oxygens (including phenoxy) is 1. The van der Waals surface area contributed by atoms with Gasteiger partial charge in [0.05, 0.1) is 28.8 Å². The lowest BCUT2D eigenvalue weighted by atomic mass is 9.95. The topological polar surface area (TPSA) is 65.4 Å². The molecule has 12 heteroatoms. The van der Waals surface area contributed by atoms with Gasteiger partial charge in [-0.15, -0.1) is 0 Å². The highest BCUT2D eigenvalue weighted by Crippen LogP contribution is 2.48. The number of esters is 1. The van der Waals surface area contributed by atoms with Gasteiger partial charge in [-0.25, -0.2) is 30.4 Å². The summed E-state index contributed by atoms with van der Waals surface area (Å²) in [6.45, 7) is 0. The molecule has 47 heavy (non-hydrogen) atoms. The van der Waals surface area contributed by atoms with Gasteiger partial charge in [0.2, 0.25) is 0 Å². The Kier molecular flexibility index (Phi) is 8.84. The fourth-order valence-corrected chi connectivity index (χ4v) is 7.88. The summed E-state index contributed by atoms with van der Waals surface area (Å²) in [4.78, 5) is 11.8. The minimum absolute atomic E-state index is 0.0858. The predicted octanol–water partition coefficient (Wildman–Crippen LogP) is 10.7. The van der Waals surface area contributed by atoms with Crippen LogP contribution in [0.5, 0.6) is 0 Å². The van der Waals surface area contributed by atoms with E-state index in [0.29, 0.717) is 16.7 Å². The highest BCUT2D eigenvalue weighted by atomic mass is 35.5. The molecule has 0 fully saturated rings. The van der Waals surface area contributed by atoms with Crippen LogP contribution in [-0.4, -0.2) is 25.5 Å². The van der Waals surface area contributed by atoms with Crippen molar-refractivity contribution in [3.05, 3.63) is 135 Å². The average Bonchev–Trinajstić information content (AvgIpc) is 3.39. The molecule has 0 atom stereocenters. The first-order valence-electron chi connectivity index (χ1n) is 13.8. The maximum absolute atomic E-state index is 14.9. The lowest BCUT2D eigenvalue weighted by Gasteiger charge is -2.16. The molecule has 0 amide bonds. The third-order valence-electron chi connectivity index (χ3n) is 7.61. The fourth-order valence-electron chi connectivity index (χ4n) is 5.45. The molecule has 6 rings (SSSR count). The SMILES string of the molecule is COC(=O)c1ccc(-c2cccc(-c3c(-c4c(Cl)cccc4Cl)c4cc(F)ccc4n3S(=O)(=O)c3ccc(C(F)F)cc3)c2)c(Cl)c1. The quantitative estimate of drug-likeness (QED) is 0.154. The molecule has 0 N–H and O–H groups in total. The molecule has 0 aliphatic heterocycles. The summed E-state index contributed by atoms with van der Waals surface area (Å²) >= 11 is 20.0. The molecule has 0 saturated heterocycles. The Morgan fingerprint density at radius 3 is 2.06 bits per heavy atom. The predicted molar refractivity (Wildman–Crippen MR) is 179 cm³/mol. The van der Waals surface area contributed by atoms with Crippen molar-refractivity contribution in [3.63, 3.8) is 0 Å². The highest BCUT2D eigenvalue weighted by molar-refractivity contribution is 7.90. The summed E-state index contributed by atoms with van der Waals surface area (Å²) in [5, 5.41) is 0.777. The Morgan fingerprint density at radius 1 is 0.766 bits per heavy atom. The lowest BCUT2D eigenvalue weighted by Crippen LogP contribution is -2.14. The van der Waals surface area contributed by atoms with Crippen LogP contribution < -0.4 is 0 Å². The summed E-state index contributed by atoms with van der Waals surface area (Å²) in [7, 11) is -3.28. The van der Waals surface area contributed by atoms with E-state index in [4.69, 9.17) is 39.5 Å². The molecule has 238 valence electrons. The number of hydrogen-bond donors (Lipinski definition) is 0. The van der Waals surface area contributed by atoms with E-state index in [1.165, 1.54) is 25.3 Å². The Balaban J connectivity index is 1.70. The van der Waals surface area contributed by atoms with Gasteiger partial charge in [0.15, 0.2) is 0 Å². The highest BCUT2D eigenvalue weighted by Gasteiger charge is 2.31. The van der Waals surface area contributed by atoms with E-state index >= 15 is 0 Å². The van der Waals surface area contributed by atoms with Crippen LogP contribution in [0.4, 0.5) is 13.2 Å². The minimum Gasteiger partial charge on any atom is -0.465 e. The molecule has 0 aliphatic carbocycles. The minimum atomic E-state index is -4.53. The third kappa shape index (κ3) is 5.89. The molecule has 0 saturated carbocycles. The van der Waals surface area contributed by atoms with Crippen LogP contribution >= 0.6 is 34.8 Å². The van der Waals surface area contributed by atoms with Gasteiger partial charge in [0.1, 0.15) is 5.82 Å². The van der Waals surface area contributed by atoms with Crippen LogP contribution in [0.3, 0.4) is 0 Å². The van der Waals surface area contributed by atoms with Crippen molar-refractivity contribution in [2.24, 2.45) is 0 Å². The second-order valence-electron chi connectivity index (χ2n) is 10.4. The third-order valence-corrected chi connectivity index (χ3v) is 10.3. The van der Waals surface area contributed by atoms with Crippen LogP contribution in [0.25, 0.3) is 44.4 Å². The Morgan fingerprint density at radius 2 is 1.43 bits per heavy atom. The second-order valence-corrected chi connectivity index (χ2v) is 13.4. The van der Waals surface area contributed by atoms with Crippen molar-refractivity contribution < 1.29 is 31.1 Å². The summed E-state index contributed by atoms with van der Waals surface area (Å²) in [5.74, 6) is -1.22. The van der Waals surface area contributed by atoms with Crippen molar-refractivity contribution in [2.45, 2.75) is 11.3 Å². The first-order chi connectivity index (χ1) is 22.4. The molecule has 5 aromatic carbocycles. The Labute approximate surface area is 282 Å². The van der Waals surface area contributed by atoms with Gasteiger partial charge in [-0.1, -0.05) is 77.3 Å². The molecule has 0 unspecified atom stereocenters. The lowest BCUT2D eigenvalue weighted by molar-refractivity contribution is 0.0600. The number of carbonyl (C=O) groups excluding carboxylic acids is 1. The first kappa shape index (κ1) is 32.7. The van der Waals surface area contributed by atoms with Crippen LogP contribution in [0.15, 0.2) is 108 Å². The molecule has 0 radical (unpaired) electrons. The molecule has 1 heterocycles. The maximum Gasteiger partial charge on any atom is 0.337 e. The monoisotopic (exact) mass is 713 g/mol. The average molecular weight is 715 g/mol. The summed E-state index contributed by atoms with van der Waals surface area (Å²) in [6, 6.07) is 24.1. The zero-order valence-corrected chi connectivity index (χ0v) is 27.2. The van der Waals surface area contributed by atoms with E-state index in [0.717, 1.165) is 34.3 Å². The number of benzene rings is 5. The first-order valence-corrected chi connectivity index (χ1v) is 16.4. The molecular formula is C35H21Cl3F3NO4S. The summed E-state index contributed by atoms with van der Waals surface area (Å²) < 4.78 is 76.5. The van der Waals surface area contributed by atoms with E-state index in [-0.39, 0.29) is 58.8 Å². The van der Waals surface area contributed by atoms with Crippen molar-refractivity contribution >= 4 is 61.7 Å². The smallest absolute Gasteiger partial charge is 0.337 e. The zero-order chi connectivity index (χ0) is 33.6. The number of hydrogen-bond acceptors (Lipinski definition) is 4. The Hall–Kier alpha value is -4.28. The van der Waals surface area contributed by atoms with Crippen molar-refractivity contribution in [1.82, 2.24) is 3.97 Å². The summed E-state index contributed by atoms with van der Waals surface area (Å²) in [5.41, 5.74) is 1.99. The number of carbonyl (C=O) groups is 1. The molecule has 0 spiro atoms. The molecular weight excluding hydrogens is 694 g/mol. The van der Waals surface area contributed by atoms with Gasteiger partial charge in [0.25, 0.3) is 16.4 Å². The van der Waals surface area contributed by atoms with Gasteiger partial charge in [-0.05, 0) is 66.2 Å². The standard InChI is InChI=1S/C35H21Cl3F3NO4S/c1-46-35(43)22-10-14-25(29(38)17-22)20-4-2-5-21(16-20)33-31(32-27(36)6-3-7-28(32)37)26-18-23(39)11-15-30(26)42(33)47(44,45)24-12-8-19(9-13-24)34(40)41/h2-18,34H,1H3. The largest absolute Gasteiger partial charge is 0.465 e. The molecule has 0 aliphatic rings. The van der Waals surface area contributed by atoms with Gasteiger partial charge >= 0.3 is 5.97 Å². The van der Waals surface area contributed by atoms with Crippen LogP contribution in [-0.2, 0) is 14.8 Å². The molecule has 6 aromatic rings. The number of nitrogens with zero attached hydrogens (tertiary/aromatic N) is 1. The number of alkyl halides is 2. The van der Waals surface area contributed by atoms with Gasteiger partial charge < -0.3 is 4.74 Å². The number of aromatic nitrogens is 1. The van der Waals surface area contributed by atoms with Crippen LogP contribution in [0.2, 0.25) is 15.1 Å². The molecule has 1 aromatic heterocycles. The number of rotatable bonds is 7. The number of fused-ring (bicyclic) bond motifs is 1. The number of methoxy groups -OCH3 is 1. The van der Waals surface area contributed by atoms with Gasteiger partial charge in [-0.3, -0.25) is 0 Å². The van der Waals surface area contributed by atoms with Crippen molar-refractivity contribution in [2.75, 3.05) is 7.11 Å². The second kappa shape index (κ2) is 12.7. The van der Waals surface area contributed by atoms with Crippen LogP contribution in [0, 0.1) is 5.82 Å². The van der Waals surface area contributed by atoms with E-state index < -0.39 is 28.2 Å². The van der Waals surface area contributed by atoms with Crippen molar-refractivity contribution in [1.29, 1.82) is 0 Å². The summed E-state index contributed by atoms with van der Waals surface area (Å²) in [6.07, 6.45) is -2.80. The van der Waals surface area contributed by atoms with Crippen molar-refractivity contribution in [3.8, 4) is 33.5 Å². The normalized spacial score (nSPS) is 11.7.